The summed E-state index contributed by atoms with van der Waals surface area (Å²) in [6.07, 6.45) is 11.5. The predicted octanol–water partition coefficient (Wildman–Crippen LogP) is 3.90. The molecule has 0 aromatic rings. The summed E-state index contributed by atoms with van der Waals surface area (Å²) in [4.78, 5) is 11.9. The molecular weight excluding hydrogens is 300 g/mol. The summed E-state index contributed by atoms with van der Waals surface area (Å²) in [7, 11) is 0. The molecule has 0 spiro atoms. The van der Waals surface area contributed by atoms with Crippen LogP contribution in [0.3, 0.4) is 0 Å². The highest BCUT2D eigenvalue weighted by molar-refractivity contribution is 5.91. The van der Waals surface area contributed by atoms with E-state index in [-0.39, 0.29) is 12.0 Å². The Balaban J connectivity index is 1.59. The van der Waals surface area contributed by atoms with E-state index in [0.29, 0.717) is 23.9 Å². The summed E-state index contributed by atoms with van der Waals surface area (Å²) < 4.78 is 6.04. The first-order valence-electron chi connectivity index (χ1n) is 9.95. The molecule has 0 aromatic carbocycles. The van der Waals surface area contributed by atoms with E-state index in [2.05, 4.69) is 13.8 Å². The van der Waals surface area contributed by atoms with Crippen molar-refractivity contribution in [2.75, 3.05) is 13.2 Å². The molecule has 3 saturated carbocycles. The molecule has 4 aliphatic carbocycles. The highest BCUT2D eigenvalue weighted by Crippen LogP contribution is 2.65. The maximum absolute atomic E-state index is 11.9. The molecule has 0 amide bonds. The largest absolute Gasteiger partial charge is 0.394 e. The fraction of sp³-hybridized carbons (Fsp3) is 0.857. The number of hydrogen-bond donors (Lipinski definition) is 1. The number of carbonyl (C=O) groups excluding carboxylic acids is 1. The second-order valence-corrected chi connectivity index (χ2v) is 9.17. The first-order chi connectivity index (χ1) is 11.5. The van der Waals surface area contributed by atoms with E-state index in [1.54, 1.807) is 0 Å². The Morgan fingerprint density at radius 2 is 1.96 bits per heavy atom. The normalized spacial score (nSPS) is 47.6. The first-order valence-corrected chi connectivity index (χ1v) is 9.95. The number of fused-ring (bicyclic) bond motifs is 5. The molecule has 1 N–H and O–H groups in total. The molecule has 0 aliphatic heterocycles. The average Bonchev–Trinajstić information content (AvgIpc) is 2.90. The van der Waals surface area contributed by atoms with E-state index in [4.69, 9.17) is 9.84 Å². The number of allylic oxidation sites excluding steroid dienone is 1. The van der Waals surface area contributed by atoms with Gasteiger partial charge in [0.1, 0.15) is 0 Å². The zero-order valence-corrected chi connectivity index (χ0v) is 15.2. The van der Waals surface area contributed by atoms with Crippen molar-refractivity contribution in [1.29, 1.82) is 0 Å². The van der Waals surface area contributed by atoms with Gasteiger partial charge in [-0.2, -0.15) is 0 Å². The van der Waals surface area contributed by atoms with Gasteiger partial charge in [0, 0.05) is 6.42 Å². The number of hydrogen-bond acceptors (Lipinski definition) is 3. The van der Waals surface area contributed by atoms with Gasteiger partial charge in [0.15, 0.2) is 5.78 Å². The monoisotopic (exact) mass is 332 g/mol. The fourth-order valence-electron chi connectivity index (χ4n) is 6.98. The van der Waals surface area contributed by atoms with Crippen LogP contribution in [0.2, 0.25) is 0 Å². The SMILES string of the molecule is C[C@]12CCC(=O)C=C1CC[C@@H]1[C@H]2CC[C@]2(C)C(OCCO)CC[C@@H]12. The molecule has 1 unspecified atom stereocenters. The molecule has 4 aliphatic rings. The van der Waals surface area contributed by atoms with Crippen LogP contribution in [0.15, 0.2) is 11.6 Å². The van der Waals surface area contributed by atoms with Gasteiger partial charge >= 0.3 is 0 Å². The Kier molecular flexibility index (Phi) is 4.16. The van der Waals surface area contributed by atoms with Crippen molar-refractivity contribution >= 4 is 5.78 Å². The van der Waals surface area contributed by atoms with Crippen LogP contribution < -0.4 is 0 Å². The second kappa shape index (κ2) is 5.95. The molecule has 134 valence electrons. The molecule has 6 atom stereocenters. The standard InChI is InChI=1S/C21H32O3/c1-20-9-7-15(23)13-14(20)3-4-16-17-5-6-19(24-12-11-22)21(17,2)10-8-18(16)20/h13,16-19,22H,3-12H2,1-2H3/t16-,17-,18+,19?,20-,21-/m0/s1. The van der Waals surface area contributed by atoms with E-state index in [0.717, 1.165) is 43.4 Å². The maximum atomic E-state index is 11.9. The zero-order chi connectivity index (χ0) is 16.9. The van der Waals surface area contributed by atoms with Gasteiger partial charge in [-0.05, 0) is 79.6 Å². The smallest absolute Gasteiger partial charge is 0.155 e. The van der Waals surface area contributed by atoms with Gasteiger partial charge in [0.05, 0.1) is 19.3 Å². The topological polar surface area (TPSA) is 46.5 Å². The number of ether oxygens (including phenoxy) is 1. The Labute approximate surface area is 145 Å². The third kappa shape index (κ3) is 2.34. The number of aliphatic hydroxyl groups is 1. The van der Waals surface area contributed by atoms with Crippen LogP contribution in [0.4, 0.5) is 0 Å². The summed E-state index contributed by atoms with van der Waals surface area (Å²) in [5.41, 5.74) is 2.01. The first kappa shape index (κ1) is 16.8. The lowest BCUT2D eigenvalue weighted by Crippen LogP contribution is -2.51. The minimum atomic E-state index is 0.129. The maximum Gasteiger partial charge on any atom is 0.155 e. The van der Waals surface area contributed by atoms with Crippen molar-refractivity contribution in [2.24, 2.45) is 28.6 Å². The molecule has 3 fully saturated rings. The quantitative estimate of drug-likeness (QED) is 0.853. The fourth-order valence-corrected chi connectivity index (χ4v) is 6.98. The zero-order valence-electron chi connectivity index (χ0n) is 15.2. The van der Waals surface area contributed by atoms with Gasteiger partial charge < -0.3 is 9.84 Å². The third-order valence-corrected chi connectivity index (χ3v) is 8.29. The van der Waals surface area contributed by atoms with E-state index in [9.17, 15) is 4.79 Å². The molecule has 0 bridgehead atoms. The Morgan fingerprint density at radius 1 is 1.12 bits per heavy atom. The summed E-state index contributed by atoms with van der Waals surface area (Å²) in [6.45, 7) is 5.50. The summed E-state index contributed by atoms with van der Waals surface area (Å²) in [6, 6.07) is 0. The van der Waals surface area contributed by atoms with Gasteiger partial charge in [0.2, 0.25) is 0 Å². The lowest BCUT2D eigenvalue weighted by Gasteiger charge is -2.58. The van der Waals surface area contributed by atoms with Gasteiger partial charge in [-0.25, -0.2) is 0 Å². The molecular formula is C21H32O3. The van der Waals surface area contributed by atoms with Gasteiger partial charge in [-0.1, -0.05) is 19.4 Å². The van der Waals surface area contributed by atoms with Crippen molar-refractivity contribution in [1.82, 2.24) is 0 Å². The molecule has 3 heteroatoms. The Morgan fingerprint density at radius 3 is 2.75 bits per heavy atom. The van der Waals surface area contributed by atoms with Crippen LogP contribution in [-0.2, 0) is 9.53 Å². The summed E-state index contributed by atoms with van der Waals surface area (Å²) >= 11 is 0. The van der Waals surface area contributed by atoms with Crippen LogP contribution in [0, 0.1) is 28.6 Å². The summed E-state index contributed by atoms with van der Waals surface area (Å²) in [5.74, 6) is 2.65. The van der Waals surface area contributed by atoms with Crippen LogP contribution in [0.25, 0.3) is 0 Å². The van der Waals surface area contributed by atoms with E-state index >= 15 is 0 Å². The van der Waals surface area contributed by atoms with Crippen molar-refractivity contribution in [3.63, 3.8) is 0 Å². The van der Waals surface area contributed by atoms with E-state index in [1.165, 1.54) is 31.3 Å². The minimum Gasteiger partial charge on any atom is -0.394 e. The highest BCUT2D eigenvalue weighted by Gasteiger charge is 2.59. The van der Waals surface area contributed by atoms with Crippen molar-refractivity contribution in [2.45, 2.75) is 71.3 Å². The van der Waals surface area contributed by atoms with Gasteiger partial charge in [-0.15, -0.1) is 0 Å². The third-order valence-electron chi connectivity index (χ3n) is 8.29. The molecule has 0 heterocycles. The van der Waals surface area contributed by atoms with Gasteiger partial charge in [0.25, 0.3) is 0 Å². The van der Waals surface area contributed by atoms with Crippen molar-refractivity contribution < 1.29 is 14.6 Å². The number of rotatable bonds is 3. The highest BCUT2D eigenvalue weighted by atomic mass is 16.5. The van der Waals surface area contributed by atoms with Crippen molar-refractivity contribution in [3.05, 3.63) is 11.6 Å². The second-order valence-electron chi connectivity index (χ2n) is 9.17. The Hall–Kier alpha value is -0.670. The van der Waals surface area contributed by atoms with E-state index < -0.39 is 0 Å². The lowest BCUT2D eigenvalue weighted by molar-refractivity contribution is -0.119. The van der Waals surface area contributed by atoms with Crippen LogP contribution in [0.5, 0.6) is 0 Å². The molecule has 0 radical (unpaired) electrons. The minimum absolute atomic E-state index is 0.129. The van der Waals surface area contributed by atoms with Gasteiger partial charge in [-0.3, -0.25) is 4.79 Å². The van der Waals surface area contributed by atoms with E-state index in [1.807, 2.05) is 6.08 Å². The molecule has 24 heavy (non-hydrogen) atoms. The van der Waals surface area contributed by atoms with Crippen LogP contribution >= 0.6 is 0 Å². The molecule has 3 nitrogen and oxygen atoms in total. The van der Waals surface area contributed by atoms with Crippen LogP contribution in [-0.4, -0.2) is 30.2 Å². The number of ketones is 1. The van der Waals surface area contributed by atoms with Crippen LogP contribution in [0.1, 0.15) is 65.2 Å². The summed E-state index contributed by atoms with van der Waals surface area (Å²) in [5, 5.41) is 9.12. The lowest BCUT2D eigenvalue weighted by atomic mass is 9.47. The molecule has 0 aromatic heterocycles. The number of carbonyl (C=O) groups is 1. The molecule has 4 rings (SSSR count). The van der Waals surface area contributed by atoms with Crippen molar-refractivity contribution in [3.8, 4) is 0 Å². The average molecular weight is 332 g/mol. The number of aliphatic hydroxyl groups excluding tert-OH is 1. The Bertz CT molecular complexity index is 553. The molecule has 0 saturated heterocycles. The predicted molar refractivity (Wildman–Crippen MR) is 93.5 cm³/mol.